The number of hydrogen-bond acceptors (Lipinski definition) is 6. The lowest BCUT2D eigenvalue weighted by Crippen LogP contribution is -2.15. The van der Waals surface area contributed by atoms with Crippen LogP contribution in [-0.4, -0.2) is 30.9 Å². The van der Waals surface area contributed by atoms with Gasteiger partial charge in [0.05, 0.1) is 11.5 Å². The summed E-state index contributed by atoms with van der Waals surface area (Å²) in [5.74, 6) is 1.05. The zero-order valence-corrected chi connectivity index (χ0v) is 20.2. The highest BCUT2D eigenvalue weighted by atomic mass is 32.2. The Hall–Kier alpha value is -3.72. The minimum absolute atomic E-state index is 0.0492. The second kappa shape index (κ2) is 11.4. The molecule has 1 aromatic heterocycles. The van der Waals surface area contributed by atoms with Crippen molar-refractivity contribution in [3.05, 3.63) is 77.8 Å². The monoisotopic (exact) mass is 480 g/mol. The van der Waals surface area contributed by atoms with Crippen molar-refractivity contribution in [3.63, 3.8) is 0 Å². The van der Waals surface area contributed by atoms with Crippen molar-refractivity contribution in [2.75, 3.05) is 16.6 Å². The number of carbonyl (C=O) groups is 1. The van der Waals surface area contributed by atoms with Gasteiger partial charge < -0.3 is 10.1 Å². The van der Waals surface area contributed by atoms with Crippen LogP contribution in [0.15, 0.2) is 65.6 Å². The molecule has 3 rings (SSSR count). The third-order valence-electron chi connectivity index (χ3n) is 4.73. The van der Waals surface area contributed by atoms with Crippen LogP contribution in [0.25, 0.3) is 6.08 Å². The van der Waals surface area contributed by atoms with Crippen molar-refractivity contribution in [2.45, 2.75) is 38.5 Å². The molecule has 0 atom stereocenters. The molecule has 0 saturated heterocycles. The molecule has 0 saturated carbocycles. The van der Waals surface area contributed by atoms with Crippen LogP contribution < -0.4 is 14.8 Å². The molecule has 34 heavy (non-hydrogen) atoms. The summed E-state index contributed by atoms with van der Waals surface area (Å²) >= 11 is 0. The van der Waals surface area contributed by atoms with E-state index < -0.39 is 10.0 Å². The number of unbranched alkanes of at least 4 members (excludes halogenated alkanes) is 1. The van der Waals surface area contributed by atoms with E-state index in [0.29, 0.717) is 23.8 Å². The fraction of sp³-hybridized carbons (Fsp3) is 0.240. The number of hydrogen-bond donors (Lipinski definition) is 2. The van der Waals surface area contributed by atoms with Crippen molar-refractivity contribution >= 4 is 33.5 Å². The summed E-state index contributed by atoms with van der Waals surface area (Å²) in [7, 11) is -3.83. The maximum Gasteiger partial charge on any atom is 0.263 e. The van der Waals surface area contributed by atoms with Crippen LogP contribution in [0.4, 0.5) is 11.5 Å². The maximum atomic E-state index is 12.7. The lowest BCUT2D eigenvalue weighted by molar-refractivity contribution is -0.111. The molecule has 0 unspecified atom stereocenters. The number of amides is 1. The Morgan fingerprint density at radius 2 is 1.79 bits per heavy atom. The first-order chi connectivity index (χ1) is 16.3. The Bertz CT molecular complexity index is 1250. The SMILES string of the molecule is CCCCOc1ccccc1C=CC(=O)Nc1ccc(S(=O)(=O)Nc2cc(C)nc(C)n2)cc1. The highest BCUT2D eigenvalue weighted by molar-refractivity contribution is 7.92. The molecule has 0 aliphatic heterocycles. The van der Waals surface area contributed by atoms with Crippen LogP contribution in [0.3, 0.4) is 0 Å². The number of para-hydroxylation sites is 1. The van der Waals surface area contributed by atoms with Gasteiger partial charge in [-0.1, -0.05) is 31.5 Å². The molecule has 3 aromatic rings. The number of carbonyl (C=O) groups excluding carboxylic acids is 1. The lowest BCUT2D eigenvalue weighted by atomic mass is 10.2. The smallest absolute Gasteiger partial charge is 0.263 e. The first-order valence-corrected chi connectivity index (χ1v) is 12.4. The predicted octanol–water partition coefficient (Wildman–Crippen LogP) is 4.73. The molecule has 2 aromatic carbocycles. The predicted molar refractivity (Wildman–Crippen MR) is 133 cm³/mol. The number of aromatic nitrogens is 2. The summed E-state index contributed by atoms with van der Waals surface area (Å²) in [6.07, 6.45) is 5.09. The number of nitrogens with one attached hydrogen (secondary N) is 2. The van der Waals surface area contributed by atoms with E-state index in [0.717, 1.165) is 24.2 Å². The number of benzene rings is 2. The molecule has 178 valence electrons. The van der Waals surface area contributed by atoms with Gasteiger partial charge in [0.25, 0.3) is 10.0 Å². The standard InChI is InChI=1S/C25H28N4O4S/c1-4-5-16-33-23-9-7-6-8-20(23)10-15-25(30)28-21-11-13-22(14-12-21)34(31,32)29-24-17-18(2)26-19(3)27-24/h6-15,17H,4-5,16H2,1-3H3,(H,28,30)(H,26,27,29). The molecule has 0 bridgehead atoms. The molecular formula is C25H28N4O4S. The summed E-state index contributed by atoms with van der Waals surface area (Å²) in [5.41, 5.74) is 1.93. The summed E-state index contributed by atoms with van der Waals surface area (Å²) in [4.78, 5) is 20.6. The third kappa shape index (κ3) is 7.14. The summed E-state index contributed by atoms with van der Waals surface area (Å²) in [6.45, 7) is 6.16. The fourth-order valence-corrected chi connectivity index (χ4v) is 4.10. The molecule has 0 aliphatic carbocycles. The van der Waals surface area contributed by atoms with Crippen molar-refractivity contribution < 1.29 is 17.9 Å². The van der Waals surface area contributed by atoms with Gasteiger partial charge in [0.15, 0.2) is 0 Å². The Kier molecular flexibility index (Phi) is 8.37. The normalized spacial score (nSPS) is 11.4. The van der Waals surface area contributed by atoms with Gasteiger partial charge in [-0.05, 0) is 56.7 Å². The average molecular weight is 481 g/mol. The van der Waals surface area contributed by atoms with Crippen LogP contribution in [0.2, 0.25) is 0 Å². The quantitative estimate of drug-likeness (QED) is 0.321. The molecular weight excluding hydrogens is 452 g/mol. The fourth-order valence-electron chi connectivity index (χ4n) is 3.11. The minimum atomic E-state index is -3.83. The van der Waals surface area contributed by atoms with Gasteiger partial charge in [-0.15, -0.1) is 0 Å². The topological polar surface area (TPSA) is 110 Å². The highest BCUT2D eigenvalue weighted by Gasteiger charge is 2.15. The van der Waals surface area contributed by atoms with Gasteiger partial charge in [-0.2, -0.15) is 0 Å². The number of aryl methyl sites for hydroxylation is 2. The summed E-state index contributed by atoms with van der Waals surface area (Å²) in [5, 5.41) is 2.72. The lowest BCUT2D eigenvalue weighted by Gasteiger charge is -2.10. The second-order valence-electron chi connectivity index (χ2n) is 7.63. The Morgan fingerprint density at radius 1 is 1.06 bits per heavy atom. The number of rotatable bonds is 10. The first-order valence-electron chi connectivity index (χ1n) is 10.9. The van der Waals surface area contributed by atoms with E-state index >= 15 is 0 Å². The van der Waals surface area contributed by atoms with Crippen molar-refractivity contribution in [2.24, 2.45) is 0 Å². The van der Waals surface area contributed by atoms with Gasteiger partial charge in [0.2, 0.25) is 5.91 Å². The average Bonchev–Trinajstić information content (AvgIpc) is 2.78. The van der Waals surface area contributed by atoms with Gasteiger partial charge in [-0.3, -0.25) is 9.52 Å². The Balaban J connectivity index is 1.64. The zero-order valence-electron chi connectivity index (χ0n) is 19.4. The van der Waals surface area contributed by atoms with Crippen LogP contribution in [-0.2, 0) is 14.8 Å². The zero-order chi connectivity index (χ0) is 24.6. The van der Waals surface area contributed by atoms with E-state index in [2.05, 4.69) is 26.9 Å². The van der Waals surface area contributed by atoms with Crippen LogP contribution >= 0.6 is 0 Å². The van der Waals surface area contributed by atoms with Crippen LogP contribution in [0.5, 0.6) is 5.75 Å². The summed E-state index contributed by atoms with van der Waals surface area (Å²) in [6, 6.07) is 14.9. The van der Waals surface area contributed by atoms with E-state index in [-0.39, 0.29) is 16.6 Å². The molecule has 2 N–H and O–H groups in total. The van der Waals surface area contributed by atoms with Crippen molar-refractivity contribution in [1.29, 1.82) is 0 Å². The highest BCUT2D eigenvalue weighted by Crippen LogP contribution is 2.21. The maximum absolute atomic E-state index is 12.7. The van der Waals surface area contributed by atoms with Crippen molar-refractivity contribution in [3.8, 4) is 5.75 Å². The molecule has 1 heterocycles. The van der Waals surface area contributed by atoms with E-state index in [1.165, 1.54) is 30.3 Å². The van der Waals surface area contributed by atoms with Gasteiger partial charge in [0.1, 0.15) is 17.4 Å². The van der Waals surface area contributed by atoms with E-state index in [1.807, 2.05) is 24.3 Å². The van der Waals surface area contributed by atoms with Crippen molar-refractivity contribution in [1.82, 2.24) is 9.97 Å². The van der Waals surface area contributed by atoms with Gasteiger partial charge in [-0.25, -0.2) is 18.4 Å². The Labute approximate surface area is 200 Å². The molecule has 0 radical (unpaired) electrons. The summed E-state index contributed by atoms with van der Waals surface area (Å²) < 4.78 is 33.5. The van der Waals surface area contributed by atoms with Crippen LogP contribution in [0.1, 0.15) is 36.8 Å². The number of ether oxygens (including phenoxy) is 1. The molecule has 8 nitrogen and oxygen atoms in total. The van der Waals surface area contributed by atoms with Gasteiger partial charge in [0, 0.05) is 29.1 Å². The molecule has 1 amide bonds. The Morgan fingerprint density at radius 3 is 2.50 bits per heavy atom. The largest absolute Gasteiger partial charge is 0.493 e. The minimum Gasteiger partial charge on any atom is -0.493 e. The van der Waals surface area contributed by atoms with E-state index in [9.17, 15) is 13.2 Å². The molecule has 0 fully saturated rings. The van der Waals surface area contributed by atoms with E-state index in [1.54, 1.807) is 26.0 Å². The number of anilines is 2. The molecule has 9 heteroatoms. The number of sulfonamides is 1. The van der Waals surface area contributed by atoms with Gasteiger partial charge >= 0.3 is 0 Å². The second-order valence-corrected chi connectivity index (χ2v) is 9.32. The number of nitrogens with zero attached hydrogens (tertiary/aromatic N) is 2. The van der Waals surface area contributed by atoms with E-state index in [4.69, 9.17) is 4.74 Å². The van der Waals surface area contributed by atoms with Crippen LogP contribution in [0, 0.1) is 13.8 Å². The molecule has 0 spiro atoms. The molecule has 0 aliphatic rings. The first kappa shape index (κ1) is 24.9. The third-order valence-corrected chi connectivity index (χ3v) is 6.10.